The summed E-state index contributed by atoms with van der Waals surface area (Å²) in [6, 6.07) is 8.49. The summed E-state index contributed by atoms with van der Waals surface area (Å²) in [7, 11) is 0. The van der Waals surface area contributed by atoms with Gasteiger partial charge in [0.25, 0.3) is 0 Å². The third kappa shape index (κ3) is 2.79. The van der Waals surface area contributed by atoms with Gasteiger partial charge in [-0.05, 0) is 22.9 Å². The van der Waals surface area contributed by atoms with Gasteiger partial charge in [0, 0.05) is 0 Å². The SMILES string of the molecule is CC(NC(=O)Cn1cnnn1)(C(=O)O)c1ccccc1. The van der Waals surface area contributed by atoms with Crippen molar-refractivity contribution in [2.75, 3.05) is 0 Å². The molecule has 1 amide bonds. The van der Waals surface area contributed by atoms with Crippen LogP contribution in [-0.2, 0) is 21.7 Å². The predicted molar refractivity (Wildman–Crippen MR) is 67.4 cm³/mol. The first-order chi connectivity index (χ1) is 9.52. The number of benzene rings is 1. The number of carboxylic acids is 1. The number of aromatic nitrogens is 4. The van der Waals surface area contributed by atoms with Crippen molar-refractivity contribution in [3.05, 3.63) is 42.2 Å². The summed E-state index contributed by atoms with van der Waals surface area (Å²) in [5.41, 5.74) is -1.02. The first-order valence-electron chi connectivity index (χ1n) is 5.83. The van der Waals surface area contributed by atoms with Crippen molar-refractivity contribution in [2.45, 2.75) is 19.0 Å². The molecule has 2 rings (SSSR count). The molecule has 1 atom stereocenters. The quantitative estimate of drug-likeness (QED) is 0.781. The molecule has 2 aromatic rings. The predicted octanol–water partition coefficient (Wildman–Crippen LogP) is -0.211. The molecule has 0 aliphatic rings. The molecule has 0 spiro atoms. The number of carbonyl (C=O) groups excluding carboxylic acids is 1. The Bertz CT molecular complexity index is 599. The Morgan fingerprint density at radius 3 is 2.60 bits per heavy atom. The van der Waals surface area contributed by atoms with Crippen LogP contribution in [0.4, 0.5) is 0 Å². The molecule has 0 aliphatic heterocycles. The zero-order valence-electron chi connectivity index (χ0n) is 10.7. The van der Waals surface area contributed by atoms with Gasteiger partial charge in [-0.3, -0.25) is 4.79 Å². The fraction of sp³-hybridized carbons (Fsp3) is 0.250. The molecule has 8 nitrogen and oxygen atoms in total. The van der Waals surface area contributed by atoms with Crippen LogP contribution in [0.5, 0.6) is 0 Å². The van der Waals surface area contributed by atoms with Crippen LogP contribution in [-0.4, -0.2) is 37.2 Å². The Morgan fingerprint density at radius 1 is 1.35 bits per heavy atom. The van der Waals surface area contributed by atoms with Crippen LogP contribution in [0.15, 0.2) is 36.7 Å². The molecule has 0 fully saturated rings. The van der Waals surface area contributed by atoms with Gasteiger partial charge in [0.05, 0.1) is 0 Å². The molecule has 0 bridgehead atoms. The van der Waals surface area contributed by atoms with E-state index in [0.29, 0.717) is 5.56 Å². The van der Waals surface area contributed by atoms with Crippen molar-refractivity contribution in [1.82, 2.24) is 25.5 Å². The van der Waals surface area contributed by atoms with Gasteiger partial charge in [0.2, 0.25) is 5.91 Å². The first kappa shape index (κ1) is 13.7. The van der Waals surface area contributed by atoms with Crippen molar-refractivity contribution >= 4 is 11.9 Å². The number of tetrazole rings is 1. The maximum absolute atomic E-state index is 11.9. The Balaban J connectivity index is 2.18. The average molecular weight is 275 g/mol. The minimum absolute atomic E-state index is 0.150. The molecule has 1 heterocycles. The van der Waals surface area contributed by atoms with Crippen LogP contribution in [0, 0.1) is 0 Å². The molecule has 2 N–H and O–H groups in total. The highest BCUT2D eigenvalue weighted by atomic mass is 16.4. The minimum Gasteiger partial charge on any atom is -0.479 e. The fourth-order valence-electron chi connectivity index (χ4n) is 1.74. The van der Waals surface area contributed by atoms with Gasteiger partial charge < -0.3 is 10.4 Å². The lowest BCUT2D eigenvalue weighted by molar-refractivity contribution is -0.147. The van der Waals surface area contributed by atoms with Gasteiger partial charge in [0.15, 0.2) is 5.54 Å². The van der Waals surface area contributed by atoms with E-state index < -0.39 is 17.4 Å². The van der Waals surface area contributed by atoms with Gasteiger partial charge in [-0.25, -0.2) is 9.48 Å². The van der Waals surface area contributed by atoms with E-state index in [-0.39, 0.29) is 6.54 Å². The third-order valence-electron chi connectivity index (χ3n) is 2.87. The summed E-state index contributed by atoms with van der Waals surface area (Å²) in [6.45, 7) is 1.28. The highest BCUT2D eigenvalue weighted by Crippen LogP contribution is 2.20. The normalized spacial score (nSPS) is 13.4. The summed E-state index contributed by atoms with van der Waals surface area (Å²) in [6.07, 6.45) is 1.28. The molecule has 8 heteroatoms. The second-order valence-corrected chi connectivity index (χ2v) is 4.35. The monoisotopic (exact) mass is 275 g/mol. The van der Waals surface area contributed by atoms with Crippen LogP contribution in [0.2, 0.25) is 0 Å². The lowest BCUT2D eigenvalue weighted by Crippen LogP contribution is -2.50. The number of amides is 1. The van der Waals surface area contributed by atoms with E-state index in [1.54, 1.807) is 30.3 Å². The van der Waals surface area contributed by atoms with E-state index in [2.05, 4.69) is 20.8 Å². The van der Waals surface area contributed by atoms with Gasteiger partial charge in [-0.2, -0.15) is 0 Å². The van der Waals surface area contributed by atoms with E-state index in [1.807, 2.05) is 0 Å². The molecular weight excluding hydrogens is 262 g/mol. The topological polar surface area (TPSA) is 110 Å². The van der Waals surface area contributed by atoms with Crippen LogP contribution >= 0.6 is 0 Å². The Morgan fingerprint density at radius 2 is 2.05 bits per heavy atom. The number of nitrogens with one attached hydrogen (secondary N) is 1. The van der Waals surface area contributed by atoms with E-state index >= 15 is 0 Å². The van der Waals surface area contributed by atoms with Crippen LogP contribution in [0.3, 0.4) is 0 Å². The molecule has 1 aromatic heterocycles. The lowest BCUT2D eigenvalue weighted by atomic mass is 9.92. The second-order valence-electron chi connectivity index (χ2n) is 4.35. The van der Waals surface area contributed by atoms with E-state index in [0.717, 1.165) is 0 Å². The average Bonchev–Trinajstić information content (AvgIpc) is 2.92. The highest BCUT2D eigenvalue weighted by Gasteiger charge is 2.36. The van der Waals surface area contributed by atoms with E-state index in [4.69, 9.17) is 0 Å². The number of hydrogen-bond acceptors (Lipinski definition) is 5. The number of hydrogen-bond donors (Lipinski definition) is 2. The molecule has 1 aromatic carbocycles. The van der Waals surface area contributed by atoms with Crippen LogP contribution < -0.4 is 5.32 Å². The Labute approximate surface area is 114 Å². The largest absolute Gasteiger partial charge is 0.479 e. The van der Waals surface area contributed by atoms with Crippen LogP contribution in [0.1, 0.15) is 12.5 Å². The van der Waals surface area contributed by atoms with Gasteiger partial charge in [-0.15, -0.1) is 5.10 Å². The molecular formula is C12H13N5O3. The van der Waals surface area contributed by atoms with Crippen molar-refractivity contribution in [2.24, 2.45) is 0 Å². The highest BCUT2D eigenvalue weighted by molar-refractivity contribution is 5.87. The number of nitrogens with zero attached hydrogens (tertiary/aromatic N) is 4. The molecule has 20 heavy (non-hydrogen) atoms. The molecule has 0 saturated heterocycles. The fourth-order valence-corrected chi connectivity index (χ4v) is 1.74. The van der Waals surface area contributed by atoms with E-state index in [1.165, 1.54) is 17.9 Å². The molecule has 1 unspecified atom stereocenters. The summed E-state index contributed by atoms with van der Waals surface area (Å²) in [4.78, 5) is 23.4. The van der Waals surface area contributed by atoms with Gasteiger partial charge in [-0.1, -0.05) is 30.3 Å². The number of carbonyl (C=O) groups is 2. The summed E-state index contributed by atoms with van der Waals surface area (Å²) >= 11 is 0. The first-order valence-corrected chi connectivity index (χ1v) is 5.83. The van der Waals surface area contributed by atoms with Crippen LogP contribution in [0.25, 0.3) is 0 Å². The number of carboxylic acid groups (broad SMARTS) is 1. The molecule has 0 radical (unpaired) electrons. The smallest absolute Gasteiger partial charge is 0.333 e. The second kappa shape index (κ2) is 5.47. The summed E-state index contributed by atoms with van der Waals surface area (Å²) in [5, 5.41) is 22.2. The summed E-state index contributed by atoms with van der Waals surface area (Å²) < 4.78 is 1.21. The van der Waals surface area contributed by atoms with Crippen molar-refractivity contribution in [3.8, 4) is 0 Å². The Kier molecular flexibility index (Phi) is 3.74. The van der Waals surface area contributed by atoms with Crippen molar-refractivity contribution in [1.29, 1.82) is 0 Å². The summed E-state index contributed by atoms with van der Waals surface area (Å²) in [5.74, 6) is -1.64. The lowest BCUT2D eigenvalue weighted by Gasteiger charge is -2.26. The molecule has 0 saturated carbocycles. The third-order valence-corrected chi connectivity index (χ3v) is 2.87. The number of rotatable bonds is 5. The zero-order valence-corrected chi connectivity index (χ0v) is 10.7. The molecule has 104 valence electrons. The Hall–Kier alpha value is -2.77. The van der Waals surface area contributed by atoms with Crippen molar-refractivity contribution < 1.29 is 14.7 Å². The maximum Gasteiger partial charge on any atom is 0.333 e. The number of aliphatic carboxylic acids is 1. The molecule has 0 aliphatic carbocycles. The van der Waals surface area contributed by atoms with Gasteiger partial charge >= 0.3 is 5.97 Å². The maximum atomic E-state index is 11.9. The van der Waals surface area contributed by atoms with Gasteiger partial charge in [0.1, 0.15) is 12.9 Å². The standard InChI is InChI=1S/C12H13N5O3/c1-12(11(19)20,9-5-3-2-4-6-9)14-10(18)7-17-8-13-15-16-17/h2-6,8H,7H2,1H3,(H,14,18)(H,19,20). The zero-order chi connectivity index (χ0) is 14.6. The van der Waals surface area contributed by atoms with E-state index in [9.17, 15) is 14.7 Å². The minimum atomic E-state index is -1.51. The van der Waals surface area contributed by atoms with Crippen molar-refractivity contribution in [3.63, 3.8) is 0 Å².